The SMILES string of the molecule is CNCCc1c(-c2cc(C)ccc2C)ncn1C. The highest BCUT2D eigenvalue weighted by atomic mass is 15.0. The molecule has 0 radical (unpaired) electrons. The Kier molecular flexibility index (Phi) is 3.82. The van der Waals surface area contributed by atoms with Crippen molar-refractivity contribution in [2.45, 2.75) is 20.3 Å². The zero-order valence-corrected chi connectivity index (χ0v) is 11.6. The van der Waals surface area contributed by atoms with Crippen molar-refractivity contribution in [3.8, 4) is 11.3 Å². The number of imidazole rings is 1. The molecule has 0 bridgehead atoms. The summed E-state index contributed by atoms with van der Waals surface area (Å²) in [5, 5.41) is 3.20. The number of hydrogen-bond acceptors (Lipinski definition) is 2. The van der Waals surface area contributed by atoms with Crippen LogP contribution >= 0.6 is 0 Å². The molecule has 1 heterocycles. The molecule has 0 unspecified atom stereocenters. The van der Waals surface area contributed by atoms with E-state index in [1.807, 2.05) is 13.4 Å². The summed E-state index contributed by atoms with van der Waals surface area (Å²) in [5.74, 6) is 0. The molecule has 0 aliphatic heterocycles. The van der Waals surface area contributed by atoms with Crippen LogP contribution in [0.3, 0.4) is 0 Å². The molecule has 0 saturated heterocycles. The molecule has 0 saturated carbocycles. The number of hydrogen-bond donors (Lipinski definition) is 1. The molecule has 2 rings (SSSR count). The predicted octanol–water partition coefficient (Wildman–Crippen LogP) is 2.47. The van der Waals surface area contributed by atoms with E-state index in [2.05, 4.69) is 54.0 Å². The van der Waals surface area contributed by atoms with E-state index in [-0.39, 0.29) is 0 Å². The van der Waals surface area contributed by atoms with Crippen molar-refractivity contribution in [3.63, 3.8) is 0 Å². The van der Waals surface area contributed by atoms with E-state index in [1.54, 1.807) is 0 Å². The van der Waals surface area contributed by atoms with Crippen LogP contribution in [-0.2, 0) is 13.5 Å². The molecule has 0 spiro atoms. The highest BCUT2D eigenvalue weighted by molar-refractivity contribution is 5.66. The molecule has 1 aromatic heterocycles. The van der Waals surface area contributed by atoms with Crippen LogP contribution in [0.25, 0.3) is 11.3 Å². The fourth-order valence-corrected chi connectivity index (χ4v) is 2.21. The van der Waals surface area contributed by atoms with Gasteiger partial charge in [-0.3, -0.25) is 0 Å². The maximum absolute atomic E-state index is 4.58. The number of likely N-dealkylation sites (N-methyl/N-ethyl adjacent to an activating group) is 1. The van der Waals surface area contributed by atoms with Crippen LogP contribution in [0.4, 0.5) is 0 Å². The Bertz CT molecular complexity index is 541. The van der Waals surface area contributed by atoms with Crippen molar-refractivity contribution in [1.29, 1.82) is 0 Å². The first kappa shape index (κ1) is 12.8. The van der Waals surface area contributed by atoms with E-state index in [9.17, 15) is 0 Å². The lowest BCUT2D eigenvalue weighted by molar-refractivity contribution is 0.738. The van der Waals surface area contributed by atoms with E-state index in [1.165, 1.54) is 22.4 Å². The first-order chi connectivity index (χ1) is 8.63. The Hall–Kier alpha value is -1.61. The van der Waals surface area contributed by atoms with Gasteiger partial charge in [0.05, 0.1) is 12.0 Å². The summed E-state index contributed by atoms with van der Waals surface area (Å²) in [6.07, 6.45) is 2.90. The van der Waals surface area contributed by atoms with Gasteiger partial charge in [-0.25, -0.2) is 4.98 Å². The minimum absolute atomic E-state index is 0.970. The standard InChI is InChI=1S/C15H21N3/c1-11-5-6-12(2)13(9-11)15-14(7-8-16-3)18(4)10-17-15/h5-6,9-10,16H,7-8H2,1-4H3. The molecule has 0 aliphatic carbocycles. The van der Waals surface area contributed by atoms with Crippen molar-refractivity contribution in [2.24, 2.45) is 7.05 Å². The van der Waals surface area contributed by atoms with Crippen LogP contribution < -0.4 is 5.32 Å². The molecule has 1 N–H and O–H groups in total. The Morgan fingerprint density at radius 1 is 1.28 bits per heavy atom. The largest absolute Gasteiger partial charge is 0.337 e. The molecule has 96 valence electrons. The lowest BCUT2D eigenvalue weighted by Crippen LogP contribution is -2.13. The quantitative estimate of drug-likeness (QED) is 0.894. The average molecular weight is 243 g/mol. The highest BCUT2D eigenvalue weighted by Crippen LogP contribution is 2.26. The van der Waals surface area contributed by atoms with E-state index in [4.69, 9.17) is 0 Å². The average Bonchev–Trinajstić information content (AvgIpc) is 2.71. The molecule has 1 aromatic carbocycles. The molecular weight excluding hydrogens is 222 g/mol. The monoisotopic (exact) mass is 243 g/mol. The van der Waals surface area contributed by atoms with E-state index in [0.717, 1.165) is 18.7 Å². The third-order valence-electron chi connectivity index (χ3n) is 3.32. The number of nitrogens with one attached hydrogen (secondary N) is 1. The summed E-state index contributed by atoms with van der Waals surface area (Å²) in [4.78, 5) is 4.58. The maximum atomic E-state index is 4.58. The first-order valence-electron chi connectivity index (χ1n) is 6.36. The van der Waals surface area contributed by atoms with Gasteiger partial charge in [-0.05, 0) is 32.5 Å². The van der Waals surface area contributed by atoms with Crippen molar-refractivity contribution in [3.05, 3.63) is 41.3 Å². The van der Waals surface area contributed by atoms with E-state index < -0.39 is 0 Å². The zero-order valence-electron chi connectivity index (χ0n) is 11.6. The lowest BCUT2D eigenvalue weighted by Gasteiger charge is -2.09. The van der Waals surface area contributed by atoms with Crippen molar-refractivity contribution in [2.75, 3.05) is 13.6 Å². The van der Waals surface area contributed by atoms with Gasteiger partial charge in [0.1, 0.15) is 0 Å². The van der Waals surface area contributed by atoms with Crippen LogP contribution in [0.5, 0.6) is 0 Å². The fourth-order valence-electron chi connectivity index (χ4n) is 2.21. The van der Waals surface area contributed by atoms with Gasteiger partial charge < -0.3 is 9.88 Å². The molecule has 0 atom stereocenters. The van der Waals surface area contributed by atoms with Crippen molar-refractivity contribution >= 4 is 0 Å². The Morgan fingerprint density at radius 2 is 2.06 bits per heavy atom. The zero-order chi connectivity index (χ0) is 13.1. The third-order valence-corrected chi connectivity index (χ3v) is 3.32. The van der Waals surface area contributed by atoms with Crippen LogP contribution in [-0.4, -0.2) is 23.1 Å². The molecule has 0 aliphatic rings. The number of rotatable bonds is 4. The van der Waals surface area contributed by atoms with Gasteiger partial charge >= 0.3 is 0 Å². The Morgan fingerprint density at radius 3 is 2.78 bits per heavy atom. The van der Waals surface area contributed by atoms with Gasteiger partial charge in [0.15, 0.2) is 0 Å². The second-order valence-electron chi connectivity index (χ2n) is 4.82. The topological polar surface area (TPSA) is 29.9 Å². The summed E-state index contributed by atoms with van der Waals surface area (Å²) < 4.78 is 2.12. The van der Waals surface area contributed by atoms with Gasteiger partial charge in [0.2, 0.25) is 0 Å². The van der Waals surface area contributed by atoms with Gasteiger partial charge in [0.25, 0.3) is 0 Å². The summed E-state index contributed by atoms with van der Waals surface area (Å²) in [6.45, 7) is 5.24. The maximum Gasteiger partial charge on any atom is 0.0953 e. The smallest absolute Gasteiger partial charge is 0.0953 e. The van der Waals surface area contributed by atoms with E-state index in [0.29, 0.717) is 0 Å². The molecule has 0 fully saturated rings. The normalized spacial score (nSPS) is 10.9. The summed E-state index contributed by atoms with van der Waals surface area (Å²) >= 11 is 0. The molecular formula is C15H21N3. The van der Waals surface area contributed by atoms with Crippen LogP contribution in [0.15, 0.2) is 24.5 Å². The van der Waals surface area contributed by atoms with Gasteiger partial charge in [-0.15, -0.1) is 0 Å². The van der Waals surface area contributed by atoms with Gasteiger partial charge in [-0.1, -0.05) is 17.7 Å². The number of benzene rings is 1. The predicted molar refractivity (Wildman–Crippen MR) is 75.7 cm³/mol. The number of aryl methyl sites for hydroxylation is 3. The summed E-state index contributed by atoms with van der Waals surface area (Å²) in [5.41, 5.74) is 6.22. The van der Waals surface area contributed by atoms with Crippen LogP contribution in [0, 0.1) is 13.8 Å². The molecule has 0 amide bonds. The van der Waals surface area contributed by atoms with E-state index >= 15 is 0 Å². The Balaban J connectivity index is 2.46. The summed E-state index contributed by atoms with van der Waals surface area (Å²) in [6, 6.07) is 6.54. The number of aromatic nitrogens is 2. The highest BCUT2D eigenvalue weighted by Gasteiger charge is 2.12. The fraction of sp³-hybridized carbons (Fsp3) is 0.400. The molecule has 3 nitrogen and oxygen atoms in total. The first-order valence-corrected chi connectivity index (χ1v) is 6.36. The van der Waals surface area contributed by atoms with Crippen molar-refractivity contribution < 1.29 is 0 Å². The third kappa shape index (κ3) is 2.46. The Labute approximate surface area is 109 Å². The second kappa shape index (κ2) is 5.36. The van der Waals surface area contributed by atoms with Crippen LogP contribution in [0.2, 0.25) is 0 Å². The minimum Gasteiger partial charge on any atom is -0.337 e. The van der Waals surface area contributed by atoms with Crippen LogP contribution in [0.1, 0.15) is 16.8 Å². The summed E-state index contributed by atoms with van der Waals surface area (Å²) in [7, 11) is 4.04. The van der Waals surface area contributed by atoms with Crippen molar-refractivity contribution in [1.82, 2.24) is 14.9 Å². The molecule has 18 heavy (non-hydrogen) atoms. The molecule has 3 heteroatoms. The number of nitrogens with zero attached hydrogens (tertiary/aromatic N) is 2. The minimum atomic E-state index is 0.970. The molecule has 2 aromatic rings. The van der Waals surface area contributed by atoms with Gasteiger partial charge in [0, 0.05) is 31.3 Å². The van der Waals surface area contributed by atoms with Gasteiger partial charge in [-0.2, -0.15) is 0 Å². The second-order valence-corrected chi connectivity index (χ2v) is 4.82. The lowest BCUT2D eigenvalue weighted by atomic mass is 10.0.